The Hall–Kier alpha value is -2.70. The number of thiophene rings is 1. The van der Waals surface area contributed by atoms with Crippen molar-refractivity contribution in [2.24, 2.45) is 5.41 Å². The lowest BCUT2D eigenvalue weighted by Gasteiger charge is -2.30. The summed E-state index contributed by atoms with van der Waals surface area (Å²) in [5.41, 5.74) is 12.1. The topological polar surface area (TPSA) is 68.5 Å². The van der Waals surface area contributed by atoms with E-state index in [4.69, 9.17) is 10.5 Å². The smallest absolute Gasteiger partial charge is 0.173 e. The van der Waals surface area contributed by atoms with Gasteiger partial charge in [0.05, 0.1) is 28.8 Å². The Bertz CT molecular complexity index is 1150. The number of hydrogen-bond acceptors (Lipinski definition) is 6. The predicted molar refractivity (Wildman–Crippen MR) is 127 cm³/mol. The van der Waals surface area contributed by atoms with Gasteiger partial charge in [0, 0.05) is 42.5 Å². The summed E-state index contributed by atoms with van der Waals surface area (Å²) in [6, 6.07) is 12.0. The van der Waals surface area contributed by atoms with Crippen molar-refractivity contribution in [1.29, 1.82) is 0 Å². The lowest BCUT2D eigenvalue weighted by molar-refractivity contribution is 0.0918. The third-order valence-corrected chi connectivity index (χ3v) is 7.45. The fraction of sp³-hybridized carbons (Fsp3) is 0.360. The van der Waals surface area contributed by atoms with Gasteiger partial charge in [0.25, 0.3) is 0 Å². The number of hydrogen-bond donors (Lipinski definition) is 1. The number of nitrogen functional groups attached to an aromatic ring is 1. The summed E-state index contributed by atoms with van der Waals surface area (Å²) in [6.07, 6.45) is 3.35. The molecule has 1 aromatic carbocycles. The second-order valence-corrected chi connectivity index (χ2v) is 10.1. The molecule has 1 aliphatic carbocycles. The number of nitrogens with two attached hydrogens (primary N) is 1. The van der Waals surface area contributed by atoms with Crippen molar-refractivity contribution in [3.05, 3.63) is 53.0 Å². The van der Waals surface area contributed by atoms with E-state index in [-0.39, 0.29) is 11.2 Å². The molecular weight excluding hydrogens is 406 g/mol. The summed E-state index contributed by atoms with van der Waals surface area (Å²) in [6.45, 7) is 7.48. The van der Waals surface area contributed by atoms with Gasteiger partial charge in [-0.15, -0.1) is 11.3 Å². The number of anilines is 2. The highest BCUT2D eigenvalue weighted by molar-refractivity contribution is 7.19. The molecule has 2 aromatic heterocycles. The van der Waals surface area contributed by atoms with Gasteiger partial charge >= 0.3 is 0 Å². The van der Waals surface area contributed by atoms with Gasteiger partial charge in [-0.1, -0.05) is 32.0 Å². The normalized spacial score (nSPS) is 18.1. The molecule has 160 valence electrons. The minimum atomic E-state index is -0.0398. The van der Waals surface area contributed by atoms with E-state index in [1.165, 1.54) is 16.1 Å². The van der Waals surface area contributed by atoms with Gasteiger partial charge in [0.2, 0.25) is 0 Å². The lowest BCUT2D eigenvalue weighted by Crippen LogP contribution is -2.36. The summed E-state index contributed by atoms with van der Waals surface area (Å²) in [4.78, 5) is 21.0. The zero-order valence-corrected chi connectivity index (χ0v) is 18.8. The number of para-hydroxylation sites is 1. The molecular formula is C25H27N3O2S. The standard InChI is InChI=1S/C25H27N3O2S/c1-25(2)14-18-22(16-7-8-27-20(13-16)17-5-3-4-6-19(17)26)24(28-9-11-30-12-10-28)31-23(18)21(29)15-25/h3-8,13H,9-12,14-15,26H2,1-2H3. The molecule has 5 nitrogen and oxygen atoms in total. The zero-order valence-electron chi connectivity index (χ0n) is 18.0. The van der Waals surface area contributed by atoms with Crippen LogP contribution in [0.15, 0.2) is 42.6 Å². The molecule has 0 unspecified atom stereocenters. The first-order valence-corrected chi connectivity index (χ1v) is 11.6. The van der Waals surface area contributed by atoms with E-state index in [2.05, 4.69) is 35.9 Å². The highest BCUT2D eigenvalue weighted by atomic mass is 32.1. The van der Waals surface area contributed by atoms with E-state index in [1.54, 1.807) is 11.3 Å². The van der Waals surface area contributed by atoms with Crippen LogP contribution in [-0.2, 0) is 11.2 Å². The van der Waals surface area contributed by atoms with Gasteiger partial charge < -0.3 is 15.4 Å². The largest absolute Gasteiger partial charge is 0.398 e. The molecule has 31 heavy (non-hydrogen) atoms. The Morgan fingerprint density at radius 1 is 1.13 bits per heavy atom. The Kier molecular flexibility index (Phi) is 5.07. The summed E-state index contributed by atoms with van der Waals surface area (Å²) in [5.74, 6) is 0.263. The minimum absolute atomic E-state index is 0.0398. The molecule has 0 amide bonds. The van der Waals surface area contributed by atoms with Gasteiger partial charge in [0.15, 0.2) is 5.78 Å². The lowest BCUT2D eigenvalue weighted by atomic mass is 9.75. The summed E-state index contributed by atoms with van der Waals surface area (Å²) >= 11 is 1.65. The molecule has 0 bridgehead atoms. The monoisotopic (exact) mass is 433 g/mol. The summed E-state index contributed by atoms with van der Waals surface area (Å²) < 4.78 is 5.59. The molecule has 2 N–H and O–H groups in total. The van der Waals surface area contributed by atoms with Gasteiger partial charge in [-0.25, -0.2) is 0 Å². The molecule has 0 atom stereocenters. The number of fused-ring (bicyclic) bond motifs is 1. The maximum absolute atomic E-state index is 13.1. The molecule has 1 saturated heterocycles. The van der Waals surface area contributed by atoms with Crippen LogP contribution in [0.4, 0.5) is 10.7 Å². The molecule has 6 heteroatoms. The highest BCUT2D eigenvalue weighted by Crippen LogP contribution is 2.49. The number of aromatic nitrogens is 1. The van der Waals surface area contributed by atoms with E-state index in [0.29, 0.717) is 25.3 Å². The van der Waals surface area contributed by atoms with Gasteiger partial charge in [0.1, 0.15) is 0 Å². The van der Waals surface area contributed by atoms with E-state index < -0.39 is 0 Å². The second kappa shape index (κ2) is 7.77. The maximum atomic E-state index is 13.1. The number of benzene rings is 1. The fourth-order valence-corrected chi connectivity index (χ4v) is 5.98. The predicted octanol–water partition coefficient (Wildman–Crippen LogP) is 5.05. The number of nitrogens with zero attached hydrogens (tertiary/aromatic N) is 2. The first-order valence-electron chi connectivity index (χ1n) is 10.8. The average Bonchev–Trinajstić information content (AvgIpc) is 3.13. The number of carbonyl (C=O) groups excluding carboxylic acids is 1. The van der Waals surface area contributed by atoms with Gasteiger partial charge in [-0.3, -0.25) is 9.78 Å². The molecule has 1 aliphatic heterocycles. The van der Waals surface area contributed by atoms with Crippen molar-refractivity contribution in [1.82, 2.24) is 4.98 Å². The van der Waals surface area contributed by atoms with Crippen LogP contribution in [-0.4, -0.2) is 37.1 Å². The van der Waals surface area contributed by atoms with Crippen LogP contribution in [0.1, 0.15) is 35.5 Å². The molecule has 0 spiro atoms. The number of Topliss-reactive ketones (excluding diaryl/α,β-unsaturated/α-hetero) is 1. The molecule has 3 heterocycles. The molecule has 1 fully saturated rings. The van der Waals surface area contributed by atoms with Crippen molar-refractivity contribution in [2.45, 2.75) is 26.7 Å². The summed E-state index contributed by atoms with van der Waals surface area (Å²) in [5, 5.41) is 1.18. The van der Waals surface area contributed by atoms with Gasteiger partial charge in [-0.05, 0) is 41.2 Å². The van der Waals surface area contributed by atoms with Gasteiger partial charge in [-0.2, -0.15) is 0 Å². The first-order chi connectivity index (χ1) is 14.9. The van der Waals surface area contributed by atoms with Crippen LogP contribution in [0, 0.1) is 5.41 Å². The van der Waals surface area contributed by atoms with Crippen molar-refractivity contribution in [3.8, 4) is 22.4 Å². The van der Waals surface area contributed by atoms with E-state index in [9.17, 15) is 4.79 Å². The maximum Gasteiger partial charge on any atom is 0.173 e. The molecule has 5 rings (SSSR count). The quantitative estimate of drug-likeness (QED) is 0.585. The highest BCUT2D eigenvalue weighted by Gasteiger charge is 2.37. The van der Waals surface area contributed by atoms with Crippen LogP contribution in [0.3, 0.4) is 0 Å². The SMILES string of the molecule is CC1(C)CC(=O)c2sc(N3CCOCC3)c(-c3ccnc(-c4ccccc4N)c3)c2C1. The number of carbonyl (C=O) groups is 1. The Balaban J connectivity index is 1.69. The fourth-order valence-electron chi connectivity index (χ4n) is 4.65. The van der Waals surface area contributed by atoms with Crippen molar-refractivity contribution in [2.75, 3.05) is 36.9 Å². The molecule has 2 aliphatic rings. The van der Waals surface area contributed by atoms with Crippen molar-refractivity contribution >= 4 is 27.8 Å². The minimum Gasteiger partial charge on any atom is -0.398 e. The number of ketones is 1. The van der Waals surface area contributed by atoms with E-state index in [0.717, 1.165) is 41.2 Å². The van der Waals surface area contributed by atoms with E-state index >= 15 is 0 Å². The average molecular weight is 434 g/mol. The first kappa shape index (κ1) is 20.2. The Labute approximate surface area is 186 Å². The van der Waals surface area contributed by atoms with Crippen LogP contribution >= 0.6 is 11.3 Å². The summed E-state index contributed by atoms with van der Waals surface area (Å²) in [7, 11) is 0. The third-order valence-electron chi connectivity index (χ3n) is 6.12. The number of morpholine rings is 1. The zero-order chi connectivity index (χ0) is 21.6. The molecule has 3 aromatic rings. The number of rotatable bonds is 3. The van der Waals surface area contributed by atoms with Crippen LogP contribution in [0.5, 0.6) is 0 Å². The van der Waals surface area contributed by atoms with E-state index in [1.807, 2.05) is 30.5 Å². The van der Waals surface area contributed by atoms with Crippen LogP contribution in [0.2, 0.25) is 0 Å². The number of pyridine rings is 1. The van der Waals surface area contributed by atoms with Crippen LogP contribution < -0.4 is 10.6 Å². The third kappa shape index (κ3) is 3.75. The Morgan fingerprint density at radius 2 is 1.90 bits per heavy atom. The number of ether oxygens (including phenoxy) is 1. The van der Waals surface area contributed by atoms with Crippen molar-refractivity contribution in [3.63, 3.8) is 0 Å². The molecule has 0 saturated carbocycles. The second-order valence-electron chi connectivity index (χ2n) is 9.15. The van der Waals surface area contributed by atoms with Crippen LogP contribution in [0.25, 0.3) is 22.4 Å². The Morgan fingerprint density at radius 3 is 2.68 bits per heavy atom. The van der Waals surface area contributed by atoms with Crippen molar-refractivity contribution < 1.29 is 9.53 Å². The molecule has 0 radical (unpaired) electrons.